The monoisotopic (exact) mass is 371 g/mol. The smallest absolute Gasteiger partial charge is 0.264 e. The largest absolute Gasteiger partial charge is 0.367 e. The lowest BCUT2D eigenvalue weighted by Crippen LogP contribution is -2.32. The van der Waals surface area contributed by atoms with E-state index in [2.05, 4.69) is 0 Å². The summed E-state index contributed by atoms with van der Waals surface area (Å²) in [5, 5.41) is 0.559. The lowest BCUT2D eigenvalue weighted by Gasteiger charge is -2.24. The predicted octanol–water partition coefficient (Wildman–Crippen LogP) is 1.10. The van der Waals surface area contributed by atoms with Gasteiger partial charge in [-0.1, -0.05) is 11.6 Å². The van der Waals surface area contributed by atoms with Crippen molar-refractivity contribution in [3.8, 4) is 0 Å². The van der Waals surface area contributed by atoms with Crippen molar-refractivity contribution in [3.05, 3.63) is 29.3 Å². The van der Waals surface area contributed by atoms with Gasteiger partial charge in [0.1, 0.15) is 0 Å². The summed E-state index contributed by atoms with van der Waals surface area (Å²) in [6.07, 6.45) is 1.93. The van der Waals surface area contributed by atoms with Crippen molar-refractivity contribution in [1.82, 2.24) is 0 Å². The van der Waals surface area contributed by atoms with Crippen LogP contribution in [0.15, 0.2) is 24.3 Å². The van der Waals surface area contributed by atoms with E-state index in [4.69, 9.17) is 20.0 Å². The van der Waals surface area contributed by atoms with Crippen LogP contribution in [0.5, 0.6) is 0 Å². The lowest BCUT2D eigenvalue weighted by molar-refractivity contribution is 0.309. The van der Waals surface area contributed by atoms with Gasteiger partial charge in [-0.2, -0.15) is 16.8 Å². The fourth-order valence-electron chi connectivity index (χ4n) is 1.62. The van der Waals surface area contributed by atoms with E-state index in [1.165, 1.54) is 0 Å². The molecule has 10 heteroatoms. The summed E-state index contributed by atoms with van der Waals surface area (Å²) in [5.74, 6) is 0. The van der Waals surface area contributed by atoms with Crippen molar-refractivity contribution in [3.63, 3.8) is 0 Å². The van der Waals surface area contributed by atoms with Gasteiger partial charge in [0.05, 0.1) is 25.7 Å². The van der Waals surface area contributed by atoms with Gasteiger partial charge in [-0.15, -0.1) is 0 Å². The van der Waals surface area contributed by atoms with Crippen LogP contribution in [0.3, 0.4) is 0 Å². The zero-order chi connectivity index (χ0) is 16.8. The van der Waals surface area contributed by atoms with Crippen molar-refractivity contribution < 1.29 is 25.2 Å². The number of rotatable bonds is 9. The van der Waals surface area contributed by atoms with Crippen LogP contribution in [0.2, 0.25) is 5.02 Å². The van der Waals surface area contributed by atoms with E-state index in [-0.39, 0.29) is 26.3 Å². The Morgan fingerprint density at radius 3 is 1.68 bits per heavy atom. The van der Waals surface area contributed by atoms with Crippen LogP contribution in [-0.4, -0.2) is 55.7 Å². The second-order valence-electron chi connectivity index (χ2n) is 4.52. The van der Waals surface area contributed by atoms with E-state index in [1.807, 2.05) is 0 Å². The fourth-order valence-corrected chi connectivity index (χ4v) is 2.50. The van der Waals surface area contributed by atoms with Crippen LogP contribution in [-0.2, 0) is 28.6 Å². The Balaban J connectivity index is 2.69. The van der Waals surface area contributed by atoms with Crippen molar-refractivity contribution in [2.24, 2.45) is 0 Å². The highest BCUT2D eigenvalue weighted by atomic mass is 35.5. The van der Waals surface area contributed by atoms with E-state index in [0.29, 0.717) is 5.02 Å². The molecule has 0 aromatic heterocycles. The molecule has 1 rings (SSSR count). The Labute approximate surface area is 136 Å². The third-order valence-electron chi connectivity index (χ3n) is 2.51. The number of nitrogens with zero attached hydrogens (tertiary/aromatic N) is 1. The Kier molecular flexibility index (Phi) is 7.07. The minimum absolute atomic E-state index is 0.0552. The molecule has 0 unspecified atom stereocenters. The van der Waals surface area contributed by atoms with Crippen LogP contribution >= 0.6 is 11.6 Å². The van der Waals surface area contributed by atoms with Crippen molar-refractivity contribution in [2.75, 3.05) is 43.7 Å². The topological polar surface area (TPSA) is 90.0 Å². The normalized spacial score (nSPS) is 12.3. The van der Waals surface area contributed by atoms with Gasteiger partial charge in [0, 0.05) is 23.8 Å². The zero-order valence-corrected chi connectivity index (χ0v) is 14.6. The predicted molar refractivity (Wildman–Crippen MR) is 85.3 cm³/mol. The van der Waals surface area contributed by atoms with Gasteiger partial charge in [0.25, 0.3) is 20.2 Å². The average Bonchev–Trinajstić information content (AvgIpc) is 2.35. The molecule has 0 fully saturated rings. The SMILES string of the molecule is CS(=O)(=O)OCCN(CCOS(C)(=O)=O)c1ccc(Cl)cc1. The highest BCUT2D eigenvalue weighted by Gasteiger charge is 2.10. The Hall–Kier alpha value is -0.870. The minimum atomic E-state index is -3.53. The molecule has 0 N–H and O–H groups in total. The van der Waals surface area contributed by atoms with Gasteiger partial charge in [-0.05, 0) is 24.3 Å². The Morgan fingerprint density at radius 2 is 1.32 bits per heavy atom. The standard InChI is InChI=1S/C12H18ClNO6S2/c1-21(15,16)19-9-7-14(8-10-20-22(2,17)18)12-5-3-11(13)4-6-12/h3-6H,7-10H2,1-2H3. The second kappa shape index (κ2) is 8.11. The van der Waals surface area contributed by atoms with Crippen LogP contribution in [0.25, 0.3) is 0 Å². The summed E-state index contributed by atoms with van der Waals surface area (Å²) in [4.78, 5) is 1.74. The number of anilines is 1. The van der Waals surface area contributed by atoms with Gasteiger partial charge in [0.2, 0.25) is 0 Å². The van der Waals surface area contributed by atoms with Gasteiger partial charge < -0.3 is 4.90 Å². The molecule has 0 aliphatic rings. The van der Waals surface area contributed by atoms with E-state index in [0.717, 1.165) is 18.2 Å². The first-order valence-corrected chi connectivity index (χ1v) is 10.3. The maximum atomic E-state index is 11.0. The van der Waals surface area contributed by atoms with Crippen molar-refractivity contribution in [1.29, 1.82) is 0 Å². The number of halogens is 1. The molecule has 0 amide bonds. The molecule has 0 bridgehead atoms. The van der Waals surface area contributed by atoms with Crippen LogP contribution < -0.4 is 4.90 Å². The lowest BCUT2D eigenvalue weighted by atomic mass is 10.3. The van der Waals surface area contributed by atoms with E-state index in [9.17, 15) is 16.8 Å². The van der Waals surface area contributed by atoms with Crippen LogP contribution in [0.4, 0.5) is 5.69 Å². The molecule has 0 saturated carbocycles. The minimum Gasteiger partial charge on any atom is -0.367 e. The van der Waals surface area contributed by atoms with Gasteiger partial charge >= 0.3 is 0 Å². The van der Waals surface area contributed by atoms with E-state index < -0.39 is 20.2 Å². The third-order valence-corrected chi connectivity index (χ3v) is 3.95. The van der Waals surface area contributed by atoms with Crippen LogP contribution in [0.1, 0.15) is 0 Å². The molecule has 0 heterocycles. The summed E-state index contributed by atoms with van der Waals surface area (Å²) in [5.41, 5.74) is 0.749. The summed E-state index contributed by atoms with van der Waals surface area (Å²) < 4.78 is 53.3. The number of hydrogen-bond donors (Lipinski definition) is 0. The molecular formula is C12H18ClNO6S2. The Bertz CT molecular complexity index is 634. The maximum Gasteiger partial charge on any atom is 0.264 e. The third kappa shape index (κ3) is 8.54. The van der Waals surface area contributed by atoms with E-state index in [1.54, 1.807) is 29.2 Å². The molecular weight excluding hydrogens is 354 g/mol. The van der Waals surface area contributed by atoms with E-state index >= 15 is 0 Å². The number of hydrogen-bond acceptors (Lipinski definition) is 7. The van der Waals surface area contributed by atoms with Crippen molar-refractivity contribution >= 4 is 37.5 Å². The molecule has 7 nitrogen and oxygen atoms in total. The highest BCUT2D eigenvalue weighted by Crippen LogP contribution is 2.17. The summed E-state index contributed by atoms with van der Waals surface area (Å²) >= 11 is 5.82. The molecule has 0 atom stereocenters. The molecule has 0 spiro atoms. The molecule has 22 heavy (non-hydrogen) atoms. The molecule has 126 valence electrons. The fraction of sp³-hybridized carbons (Fsp3) is 0.500. The summed E-state index contributed by atoms with van der Waals surface area (Å²) in [6.45, 7) is 0.393. The van der Waals surface area contributed by atoms with Gasteiger partial charge in [0.15, 0.2) is 0 Å². The maximum absolute atomic E-state index is 11.0. The molecule has 0 saturated heterocycles. The van der Waals surface area contributed by atoms with Crippen LogP contribution in [0, 0.1) is 0 Å². The first kappa shape index (κ1) is 19.2. The second-order valence-corrected chi connectivity index (χ2v) is 8.24. The highest BCUT2D eigenvalue weighted by molar-refractivity contribution is 7.86. The first-order chi connectivity index (χ1) is 10.1. The molecule has 1 aromatic carbocycles. The van der Waals surface area contributed by atoms with Gasteiger partial charge in [-0.25, -0.2) is 0 Å². The summed E-state index contributed by atoms with van der Waals surface area (Å²) in [6, 6.07) is 6.84. The molecule has 0 aliphatic carbocycles. The number of benzene rings is 1. The zero-order valence-electron chi connectivity index (χ0n) is 12.2. The average molecular weight is 372 g/mol. The summed E-state index contributed by atoms with van der Waals surface area (Å²) in [7, 11) is -7.05. The van der Waals surface area contributed by atoms with Crippen molar-refractivity contribution in [2.45, 2.75) is 0 Å². The molecule has 1 aromatic rings. The molecule has 0 radical (unpaired) electrons. The first-order valence-electron chi connectivity index (χ1n) is 6.26. The van der Waals surface area contributed by atoms with Gasteiger partial charge in [-0.3, -0.25) is 8.37 Å². The Morgan fingerprint density at radius 1 is 0.909 bits per heavy atom. The molecule has 0 aliphatic heterocycles. The quantitative estimate of drug-likeness (QED) is 0.600.